The molecule has 3 nitrogen and oxygen atoms in total. The Morgan fingerprint density at radius 1 is 1.73 bits per heavy atom. The number of carbonyl (C=O) groups is 1. The zero-order chi connectivity index (χ0) is 8.10. The van der Waals surface area contributed by atoms with E-state index < -0.39 is 5.97 Å². The van der Waals surface area contributed by atoms with Gasteiger partial charge in [-0.2, -0.15) is 0 Å². The lowest BCUT2D eigenvalue weighted by molar-refractivity contribution is 0.0495. The maximum Gasteiger partial charge on any atom is 0.374 e. The van der Waals surface area contributed by atoms with Gasteiger partial charge in [0.25, 0.3) is 0 Å². The molecule has 0 saturated carbocycles. The molecule has 1 heterocycles. The molecule has 0 bridgehead atoms. The van der Waals surface area contributed by atoms with Gasteiger partial charge in [-0.05, 0) is 12.1 Å². The van der Waals surface area contributed by atoms with Crippen LogP contribution in [0, 0.1) is 0 Å². The second-order valence-corrected chi connectivity index (χ2v) is 2.60. The molecular weight excluding hydrogens is 212 g/mol. The maximum atomic E-state index is 10.9. The lowest BCUT2D eigenvalue weighted by Gasteiger charge is -1.97. The van der Waals surface area contributed by atoms with Gasteiger partial charge < -0.3 is 9.15 Å². The number of hydrogen-bond donors (Lipinski definition) is 0. The Bertz CT molecular complexity index is 218. The number of halogens is 1. The highest BCUT2D eigenvalue weighted by atomic mass is 79.9. The van der Waals surface area contributed by atoms with Gasteiger partial charge in [-0.1, -0.05) is 15.9 Å². The van der Waals surface area contributed by atoms with Crippen LogP contribution in [0.1, 0.15) is 10.6 Å². The van der Waals surface area contributed by atoms with Crippen LogP contribution >= 0.6 is 15.9 Å². The van der Waals surface area contributed by atoms with Crippen molar-refractivity contribution in [3.05, 3.63) is 24.2 Å². The van der Waals surface area contributed by atoms with Crippen molar-refractivity contribution in [1.29, 1.82) is 0 Å². The number of furan rings is 1. The van der Waals surface area contributed by atoms with E-state index in [0.29, 0.717) is 11.9 Å². The van der Waals surface area contributed by atoms with E-state index in [4.69, 9.17) is 9.15 Å². The number of rotatable bonds is 3. The van der Waals surface area contributed by atoms with E-state index in [0.717, 1.165) is 0 Å². The summed E-state index contributed by atoms with van der Waals surface area (Å²) in [5.74, 6) is -0.180. The summed E-state index contributed by atoms with van der Waals surface area (Å²) >= 11 is 3.13. The molecule has 0 spiro atoms. The van der Waals surface area contributed by atoms with Gasteiger partial charge in [-0.3, -0.25) is 0 Å². The Labute approximate surface area is 72.5 Å². The topological polar surface area (TPSA) is 39.4 Å². The standard InChI is InChI=1S/C7H7BrO3/c8-3-5-11-7(9)6-2-1-4-10-6/h1-2,4H,3,5H2. The zero-order valence-corrected chi connectivity index (χ0v) is 7.33. The van der Waals surface area contributed by atoms with E-state index in [1.165, 1.54) is 6.26 Å². The summed E-state index contributed by atoms with van der Waals surface area (Å²) in [6, 6.07) is 3.21. The first-order chi connectivity index (χ1) is 5.34. The molecule has 0 atom stereocenters. The normalized spacial score (nSPS) is 9.55. The summed E-state index contributed by atoms with van der Waals surface area (Å²) in [4.78, 5) is 10.9. The highest BCUT2D eigenvalue weighted by molar-refractivity contribution is 9.09. The zero-order valence-electron chi connectivity index (χ0n) is 5.75. The van der Waals surface area contributed by atoms with E-state index in [9.17, 15) is 4.79 Å². The Morgan fingerprint density at radius 3 is 3.09 bits per heavy atom. The predicted molar refractivity (Wildman–Crippen MR) is 42.8 cm³/mol. The minimum absolute atomic E-state index is 0.242. The molecule has 0 radical (unpaired) electrons. The molecule has 1 aromatic rings. The van der Waals surface area contributed by atoms with Gasteiger partial charge in [0.1, 0.15) is 6.61 Å². The van der Waals surface area contributed by atoms with Gasteiger partial charge in [0.05, 0.1) is 6.26 Å². The van der Waals surface area contributed by atoms with E-state index in [1.807, 2.05) is 0 Å². The third-order valence-corrected chi connectivity index (χ3v) is 1.36. The summed E-state index contributed by atoms with van der Waals surface area (Å²) in [7, 11) is 0. The largest absolute Gasteiger partial charge is 0.459 e. The minimum Gasteiger partial charge on any atom is -0.459 e. The van der Waals surface area contributed by atoms with Crippen molar-refractivity contribution >= 4 is 21.9 Å². The average molecular weight is 219 g/mol. The molecule has 4 heteroatoms. The Hall–Kier alpha value is -0.770. The van der Waals surface area contributed by atoms with Crippen LogP contribution in [0.5, 0.6) is 0 Å². The molecule has 0 amide bonds. The van der Waals surface area contributed by atoms with Crippen LogP contribution in [0.25, 0.3) is 0 Å². The quantitative estimate of drug-likeness (QED) is 0.575. The highest BCUT2D eigenvalue weighted by Crippen LogP contribution is 2.01. The van der Waals surface area contributed by atoms with Crippen LogP contribution in [-0.2, 0) is 4.74 Å². The molecule has 0 saturated heterocycles. The third-order valence-electron chi connectivity index (χ3n) is 1.03. The monoisotopic (exact) mass is 218 g/mol. The molecule has 0 aliphatic carbocycles. The molecule has 1 rings (SSSR count). The molecule has 60 valence electrons. The summed E-state index contributed by atoms with van der Waals surface area (Å²) in [5, 5.41) is 0.638. The van der Waals surface area contributed by atoms with Gasteiger partial charge in [0.2, 0.25) is 5.76 Å². The van der Waals surface area contributed by atoms with Crippen LogP contribution < -0.4 is 0 Å². The Kier molecular flexibility index (Phi) is 3.16. The fraction of sp³-hybridized carbons (Fsp3) is 0.286. The van der Waals surface area contributed by atoms with Gasteiger partial charge in [0.15, 0.2) is 0 Å². The van der Waals surface area contributed by atoms with E-state index in [1.54, 1.807) is 12.1 Å². The van der Waals surface area contributed by atoms with Crippen LogP contribution in [0.15, 0.2) is 22.8 Å². The summed E-state index contributed by atoms with van der Waals surface area (Å²) in [6.45, 7) is 0.361. The summed E-state index contributed by atoms with van der Waals surface area (Å²) in [6.07, 6.45) is 1.44. The summed E-state index contributed by atoms with van der Waals surface area (Å²) < 4.78 is 9.56. The van der Waals surface area contributed by atoms with Gasteiger partial charge in [-0.25, -0.2) is 4.79 Å². The second kappa shape index (κ2) is 4.18. The number of hydrogen-bond acceptors (Lipinski definition) is 3. The molecule has 0 aliphatic heterocycles. The van der Waals surface area contributed by atoms with Crippen LogP contribution in [0.4, 0.5) is 0 Å². The fourth-order valence-corrected chi connectivity index (χ4v) is 0.759. The van der Waals surface area contributed by atoms with Gasteiger partial charge >= 0.3 is 5.97 Å². The molecule has 11 heavy (non-hydrogen) atoms. The molecule has 0 fully saturated rings. The molecule has 0 N–H and O–H groups in total. The van der Waals surface area contributed by atoms with Crippen LogP contribution in [0.3, 0.4) is 0 Å². The molecule has 0 unspecified atom stereocenters. The molecule has 0 aromatic carbocycles. The van der Waals surface area contributed by atoms with Crippen molar-refractivity contribution in [2.24, 2.45) is 0 Å². The molecule has 0 aliphatic rings. The lowest BCUT2D eigenvalue weighted by Crippen LogP contribution is -2.05. The highest BCUT2D eigenvalue weighted by Gasteiger charge is 2.08. The van der Waals surface area contributed by atoms with Crippen molar-refractivity contribution < 1.29 is 13.9 Å². The van der Waals surface area contributed by atoms with Crippen molar-refractivity contribution in [3.63, 3.8) is 0 Å². The number of carbonyl (C=O) groups excluding carboxylic acids is 1. The average Bonchev–Trinajstić information content (AvgIpc) is 2.52. The molecular formula is C7H7BrO3. The first kappa shape index (κ1) is 8.33. The number of esters is 1. The van der Waals surface area contributed by atoms with Crippen molar-refractivity contribution in [2.75, 3.05) is 11.9 Å². The fourth-order valence-electron chi connectivity index (χ4n) is 0.597. The summed E-state index contributed by atoms with van der Waals surface area (Å²) in [5.41, 5.74) is 0. The second-order valence-electron chi connectivity index (χ2n) is 1.80. The van der Waals surface area contributed by atoms with E-state index in [-0.39, 0.29) is 5.76 Å². The SMILES string of the molecule is O=C(OCCBr)c1ccco1. The first-order valence-electron chi connectivity index (χ1n) is 3.11. The van der Waals surface area contributed by atoms with Gasteiger partial charge in [0, 0.05) is 5.33 Å². The van der Waals surface area contributed by atoms with Crippen molar-refractivity contribution in [2.45, 2.75) is 0 Å². The smallest absolute Gasteiger partial charge is 0.374 e. The van der Waals surface area contributed by atoms with E-state index in [2.05, 4.69) is 15.9 Å². The van der Waals surface area contributed by atoms with E-state index >= 15 is 0 Å². The van der Waals surface area contributed by atoms with Crippen LogP contribution in [-0.4, -0.2) is 17.9 Å². The lowest BCUT2D eigenvalue weighted by atomic mass is 10.5. The molecule has 1 aromatic heterocycles. The maximum absolute atomic E-state index is 10.9. The Balaban J connectivity index is 2.43. The number of alkyl halides is 1. The van der Waals surface area contributed by atoms with Crippen LogP contribution in [0.2, 0.25) is 0 Å². The Morgan fingerprint density at radius 2 is 2.55 bits per heavy atom. The van der Waals surface area contributed by atoms with Crippen molar-refractivity contribution in [3.8, 4) is 0 Å². The van der Waals surface area contributed by atoms with Crippen molar-refractivity contribution in [1.82, 2.24) is 0 Å². The first-order valence-corrected chi connectivity index (χ1v) is 4.23. The predicted octanol–water partition coefficient (Wildman–Crippen LogP) is 1.83. The third kappa shape index (κ3) is 2.38. The number of ether oxygens (including phenoxy) is 1. The minimum atomic E-state index is -0.422. The van der Waals surface area contributed by atoms with Gasteiger partial charge in [-0.15, -0.1) is 0 Å².